The molecule has 4 rings (SSSR count). The zero-order valence-corrected chi connectivity index (χ0v) is 23.6. The number of anilines is 6. The summed E-state index contributed by atoms with van der Waals surface area (Å²) in [4.78, 5) is 17.8. The maximum Gasteiger partial charge on any atom is 0.232 e. The van der Waals surface area contributed by atoms with Crippen LogP contribution in [-0.2, 0) is 16.4 Å². The molecular weight excluding hydrogens is 532 g/mol. The smallest absolute Gasteiger partial charge is 0.232 e. The van der Waals surface area contributed by atoms with Crippen LogP contribution in [0.5, 0.6) is 5.75 Å². The number of aromatic nitrogens is 4. The van der Waals surface area contributed by atoms with Crippen molar-refractivity contribution in [3.05, 3.63) is 60.6 Å². The van der Waals surface area contributed by atoms with E-state index >= 15 is 0 Å². The molecule has 4 N–H and O–H groups in total. The molecule has 2 heterocycles. The number of hydrogen-bond acceptors (Lipinski definition) is 11. The molecule has 0 amide bonds. The van der Waals surface area contributed by atoms with Crippen LogP contribution in [0.2, 0.25) is 0 Å². The first kappa shape index (κ1) is 28.5. The van der Waals surface area contributed by atoms with Crippen molar-refractivity contribution in [2.45, 2.75) is 13.3 Å². The lowest BCUT2D eigenvalue weighted by molar-refractivity contribution is 0.311. The van der Waals surface area contributed by atoms with Gasteiger partial charge in [0.05, 0.1) is 36.9 Å². The predicted molar refractivity (Wildman–Crippen MR) is 159 cm³/mol. The molecule has 0 saturated carbocycles. The van der Waals surface area contributed by atoms with Gasteiger partial charge in [-0.15, -0.1) is 0 Å². The first-order valence-corrected chi connectivity index (χ1v) is 14.3. The van der Waals surface area contributed by atoms with Crippen LogP contribution in [0, 0.1) is 0 Å². The maximum atomic E-state index is 12.5. The Morgan fingerprint density at radius 3 is 2.55 bits per heavy atom. The fourth-order valence-electron chi connectivity index (χ4n) is 4.10. The Kier molecular flexibility index (Phi) is 8.65. The van der Waals surface area contributed by atoms with Gasteiger partial charge in [-0.25, -0.2) is 13.4 Å². The third-order valence-corrected chi connectivity index (χ3v) is 7.37. The number of rotatable bonds is 12. The Bertz CT molecular complexity index is 1650. The van der Waals surface area contributed by atoms with Crippen molar-refractivity contribution in [1.29, 1.82) is 0 Å². The molecule has 2 aromatic heterocycles. The molecule has 4 aromatic rings. The molecule has 12 nitrogen and oxygen atoms in total. The lowest BCUT2D eigenvalue weighted by atomic mass is 10.1. The maximum absolute atomic E-state index is 12.5. The molecule has 2 aromatic carbocycles. The minimum absolute atomic E-state index is 0.0101. The van der Waals surface area contributed by atoms with E-state index in [4.69, 9.17) is 4.74 Å². The largest absolute Gasteiger partial charge is 0.494 e. The third-order valence-electron chi connectivity index (χ3n) is 6.20. The second-order valence-corrected chi connectivity index (χ2v) is 10.8. The quantitative estimate of drug-likeness (QED) is 0.198. The number of benzene rings is 2. The Morgan fingerprint density at radius 1 is 1.10 bits per heavy atom. The Labute approximate surface area is 233 Å². The molecule has 0 atom stereocenters. The summed E-state index contributed by atoms with van der Waals surface area (Å²) in [5.74, 6) is 1.24. The van der Waals surface area contributed by atoms with Gasteiger partial charge in [-0.1, -0.05) is 19.6 Å². The Hall–Kier alpha value is -4.49. The highest BCUT2D eigenvalue weighted by molar-refractivity contribution is 7.92. The summed E-state index contributed by atoms with van der Waals surface area (Å²) in [5, 5.41) is 18.9. The second-order valence-electron chi connectivity index (χ2n) is 8.78. The standard InChI is InChI=1S/C27H32N8O4S/c1-6-17-14-22(23(39-4)15-21(17)29-12-13-36)33-27-31-16-18(7-2)26(34-27)32-20-9-8-19-24(30-11-10-28-19)25(20)35(3)40(5,37)38/h7-11,14-16,29,36H,2,6,12-13H2,1,3-5H3,(H2,31,32,33,34). The van der Waals surface area contributed by atoms with Crippen molar-refractivity contribution in [2.75, 3.05) is 53.8 Å². The molecule has 0 saturated heterocycles. The molecular formula is C27H32N8O4S. The van der Waals surface area contributed by atoms with Crippen LogP contribution in [0.3, 0.4) is 0 Å². The number of fused-ring (bicyclic) bond motifs is 1. The Balaban J connectivity index is 1.76. The minimum Gasteiger partial charge on any atom is -0.494 e. The first-order valence-electron chi connectivity index (χ1n) is 12.5. The summed E-state index contributed by atoms with van der Waals surface area (Å²) in [6.07, 6.45) is 8.13. The third kappa shape index (κ3) is 6.05. The van der Waals surface area contributed by atoms with Crippen LogP contribution in [0.25, 0.3) is 17.1 Å². The van der Waals surface area contributed by atoms with Gasteiger partial charge in [0.15, 0.2) is 0 Å². The van der Waals surface area contributed by atoms with E-state index in [1.165, 1.54) is 13.2 Å². The number of aliphatic hydroxyl groups is 1. The van der Waals surface area contributed by atoms with Crippen molar-refractivity contribution >= 4 is 61.6 Å². The number of hydrogen-bond donors (Lipinski definition) is 4. The fraction of sp³-hybridized carbons (Fsp3) is 0.259. The van der Waals surface area contributed by atoms with E-state index in [2.05, 4.69) is 42.5 Å². The molecule has 0 aliphatic heterocycles. The number of nitrogens with zero attached hydrogens (tertiary/aromatic N) is 5. The van der Waals surface area contributed by atoms with Crippen LogP contribution < -0.4 is 25.0 Å². The van der Waals surface area contributed by atoms with Gasteiger partial charge in [-0.2, -0.15) is 4.98 Å². The van der Waals surface area contributed by atoms with Crippen molar-refractivity contribution in [3.8, 4) is 5.75 Å². The van der Waals surface area contributed by atoms with Crippen molar-refractivity contribution < 1.29 is 18.3 Å². The number of ether oxygens (including phenoxy) is 1. The van der Waals surface area contributed by atoms with Gasteiger partial charge >= 0.3 is 0 Å². The molecule has 0 bridgehead atoms. The number of sulfonamides is 1. The molecule has 0 aliphatic carbocycles. The van der Waals surface area contributed by atoms with E-state index in [1.807, 2.05) is 19.1 Å². The highest BCUT2D eigenvalue weighted by Crippen LogP contribution is 2.37. The first-order chi connectivity index (χ1) is 19.2. The molecule has 40 heavy (non-hydrogen) atoms. The topological polar surface area (TPSA) is 154 Å². The van der Waals surface area contributed by atoms with Gasteiger partial charge < -0.3 is 25.8 Å². The van der Waals surface area contributed by atoms with Crippen molar-refractivity contribution in [3.63, 3.8) is 0 Å². The normalized spacial score (nSPS) is 11.2. The summed E-state index contributed by atoms with van der Waals surface area (Å²) in [6, 6.07) is 7.28. The molecule has 210 valence electrons. The van der Waals surface area contributed by atoms with Crippen molar-refractivity contribution in [1.82, 2.24) is 19.9 Å². The molecule has 0 fully saturated rings. The predicted octanol–water partition coefficient (Wildman–Crippen LogP) is 3.92. The monoisotopic (exact) mass is 564 g/mol. The van der Waals surface area contributed by atoms with Gasteiger partial charge in [0.25, 0.3) is 0 Å². The highest BCUT2D eigenvalue weighted by Gasteiger charge is 2.22. The van der Waals surface area contributed by atoms with E-state index in [0.29, 0.717) is 51.8 Å². The number of aliphatic hydroxyl groups excluding tert-OH is 1. The number of methoxy groups -OCH3 is 1. The summed E-state index contributed by atoms with van der Waals surface area (Å²) in [5.41, 5.74) is 4.89. The average Bonchev–Trinajstić information content (AvgIpc) is 2.95. The van der Waals surface area contributed by atoms with Crippen LogP contribution in [0.15, 0.2) is 49.4 Å². The van der Waals surface area contributed by atoms with E-state index in [-0.39, 0.29) is 12.6 Å². The van der Waals surface area contributed by atoms with Crippen LogP contribution >= 0.6 is 0 Å². The molecule has 13 heteroatoms. The molecule has 0 unspecified atom stereocenters. The van der Waals surface area contributed by atoms with E-state index in [1.54, 1.807) is 37.7 Å². The fourth-order valence-corrected chi connectivity index (χ4v) is 4.61. The van der Waals surface area contributed by atoms with E-state index in [0.717, 1.165) is 28.2 Å². The SMILES string of the molecule is C=Cc1cnc(Nc2cc(CC)c(NCCO)cc2OC)nc1Nc1ccc2nccnc2c1N(C)S(C)(=O)=O. The van der Waals surface area contributed by atoms with Gasteiger partial charge in [0.1, 0.15) is 22.8 Å². The zero-order valence-electron chi connectivity index (χ0n) is 22.8. The van der Waals surface area contributed by atoms with Gasteiger partial charge in [-0.3, -0.25) is 14.3 Å². The number of aryl methyl sites for hydroxylation is 1. The van der Waals surface area contributed by atoms with Crippen LogP contribution in [0.1, 0.15) is 18.1 Å². The molecule has 0 aliphatic rings. The average molecular weight is 565 g/mol. The van der Waals surface area contributed by atoms with Crippen LogP contribution in [0.4, 0.5) is 34.5 Å². The second kappa shape index (κ2) is 12.1. The summed E-state index contributed by atoms with van der Waals surface area (Å²) in [7, 11) is -0.594. The zero-order chi connectivity index (χ0) is 28.9. The minimum atomic E-state index is -3.62. The van der Waals surface area contributed by atoms with Gasteiger partial charge in [0, 0.05) is 49.5 Å². The number of nitrogens with one attached hydrogen (secondary N) is 3. The van der Waals surface area contributed by atoms with Crippen LogP contribution in [-0.4, -0.2) is 67.0 Å². The Morgan fingerprint density at radius 2 is 1.88 bits per heavy atom. The molecule has 0 radical (unpaired) electrons. The van der Waals surface area contributed by atoms with E-state index < -0.39 is 10.0 Å². The lowest BCUT2D eigenvalue weighted by Crippen LogP contribution is -2.26. The van der Waals surface area contributed by atoms with Crippen molar-refractivity contribution in [2.24, 2.45) is 0 Å². The van der Waals surface area contributed by atoms with Gasteiger partial charge in [0.2, 0.25) is 16.0 Å². The lowest BCUT2D eigenvalue weighted by Gasteiger charge is -2.22. The summed E-state index contributed by atoms with van der Waals surface area (Å²) >= 11 is 0. The molecule has 0 spiro atoms. The summed E-state index contributed by atoms with van der Waals surface area (Å²) < 4.78 is 31.8. The van der Waals surface area contributed by atoms with Gasteiger partial charge in [-0.05, 0) is 30.2 Å². The summed E-state index contributed by atoms with van der Waals surface area (Å²) in [6.45, 7) is 6.33. The van der Waals surface area contributed by atoms with E-state index in [9.17, 15) is 13.5 Å². The highest BCUT2D eigenvalue weighted by atomic mass is 32.2.